The summed E-state index contributed by atoms with van der Waals surface area (Å²) in [6.07, 6.45) is 10.1. The van der Waals surface area contributed by atoms with E-state index in [-0.39, 0.29) is 11.6 Å². The Bertz CT molecular complexity index is 603. The zero-order chi connectivity index (χ0) is 16.1. The van der Waals surface area contributed by atoms with E-state index in [1.165, 1.54) is 30.4 Å². The summed E-state index contributed by atoms with van der Waals surface area (Å²) in [6.45, 7) is 0.842. The largest absolute Gasteiger partial charge is 0.336 e. The maximum Gasteiger partial charge on any atom is 0.315 e. The molecule has 1 fully saturated rings. The molecule has 0 spiro atoms. The van der Waals surface area contributed by atoms with Gasteiger partial charge in [-0.05, 0) is 37.7 Å². The topological polar surface area (TPSA) is 76.0 Å². The summed E-state index contributed by atoms with van der Waals surface area (Å²) in [6, 6.07) is 1.85. The van der Waals surface area contributed by atoms with E-state index in [0.717, 1.165) is 43.4 Å². The number of carbonyl (C=O) groups excluding carboxylic acids is 1. The van der Waals surface area contributed by atoms with Crippen LogP contribution in [0, 0.1) is 0 Å². The van der Waals surface area contributed by atoms with E-state index in [1.54, 1.807) is 6.07 Å². The molecule has 0 saturated heterocycles. The summed E-state index contributed by atoms with van der Waals surface area (Å²) in [5.74, 6) is 0. The molecule has 3 rings (SSSR count). The molecule has 1 aromatic rings. The molecule has 0 bridgehead atoms. The molecule has 126 valence electrons. The van der Waals surface area contributed by atoms with Crippen LogP contribution in [0.3, 0.4) is 0 Å². The molecule has 6 nitrogen and oxygen atoms in total. The zero-order valence-corrected chi connectivity index (χ0v) is 13.6. The van der Waals surface area contributed by atoms with Crippen molar-refractivity contribution in [1.29, 1.82) is 0 Å². The number of carbonyl (C=O) groups is 1. The highest BCUT2D eigenvalue weighted by Crippen LogP contribution is 2.17. The number of hydrogen-bond acceptors (Lipinski definition) is 3. The Hall–Kier alpha value is -1.85. The molecule has 6 heteroatoms. The summed E-state index contributed by atoms with van der Waals surface area (Å²) in [5.41, 5.74) is 2.05. The van der Waals surface area contributed by atoms with Crippen LogP contribution < -0.4 is 16.2 Å². The first kappa shape index (κ1) is 16.0. The summed E-state index contributed by atoms with van der Waals surface area (Å²) >= 11 is 0. The van der Waals surface area contributed by atoms with Crippen LogP contribution in [-0.2, 0) is 19.4 Å². The first-order valence-electron chi connectivity index (χ1n) is 8.86. The summed E-state index contributed by atoms with van der Waals surface area (Å²) in [7, 11) is 0. The maximum atomic E-state index is 12.0. The fourth-order valence-corrected chi connectivity index (χ4v) is 3.54. The van der Waals surface area contributed by atoms with Gasteiger partial charge >= 0.3 is 6.03 Å². The van der Waals surface area contributed by atoms with Gasteiger partial charge in [0, 0.05) is 18.7 Å². The van der Waals surface area contributed by atoms with Gasteiger partial charge in [0.2, 0.25) is 0 Å². The molecule has 2 aliphatic carbocycles. The quantitative estimate of drug-likeness (QED) is 0.831. The minimum absolute atomic E-state index is 0.0726. The van der Waals surface area contributed by atoms with Crippen molar-refractivity contribution in [2.45, 2.75) is 70.4 Å². The third-order valence-corrected chi connectivity index (χ3v) is 4.82. The van der Waals surface area contributed by atoms with E-state index in [1.807, 2.05) is 0 Å². The summed E-state index contributed by atoms with van der Waals surface area (Å²) in [5, 5.41) is 10.3. The Morgan fingerprint density at radius 2 is 1.96 bits per heavy atom. The molecule has 2 N–H and O–H groups in total. The summed E-state index contributed by atoms with van der Waals surface area (Å²) in [4.78, 5) is 23.9. The number of urea groups is 1. The highest BCUT2D eigenvalue weighted by molar-refractivity contribution is 5.74. The highest BCUT2D eigenvalue weighted by Gasteiger charge is 2.16. The number of hydrogen-bond donors (Lipinski definition) is 2. The van der Waals surface area contributed by atoms with Crippen molar-refractivity contribution in [3.05, 3.63) is 27.7 Å². The predicted octanol–water partition coefficient (Wildman–Crippen LogP) is 1.75. The predicted molar refractivity (Wildman–Crippen MR) is 88.5 cm³/mol. The minimum Gasteiger partial charge on any atom is -0.336 e. The minimum atomic E-state index is -0.133. The van der Waals surface area contributed by atoms with E-state index in [9.17, 15) is 9.59 Å². The highest BCUT2D eigenvalue weighted by atomic mass is 16.2. The Kier molecular flexibility index (Phi) is 5.31. The molecule has 0 aliphatic heterocycles. The first-order valence-corrected chi connectivity index (χ1v) is 8.86. The van der Waals surface area contributed by atoms with Gasteiger partial charge in [-0.25, -0.2) is 9.48 Å². The van der Waals surface area contributed by atoms with Crippen LogP contribution >= 0.6 is 0 Å². The van der Waals surface area contributed by atoms with Crippen molar-refractivity contribution >= 4 is 6.03 Å². The third-order valence-electron chi connectivity index (χ3n) is 4.82. The first-order chi connectivity index (χ1) is 11.2. The molecule has 0 unspecified atom stereocenters. The fourth-order valence-electron chi connectivity index (χ4n) is 3.54. The molecule has 0 atom stereocenters. The number of nitrogens with one attached hydrogen (secondary N) is 2. The van der Waals surface area contributed by atoms with Gasteiger partial charge in [0.25, 0.3) is 5.56 Å². The van der Waals surface area contributed by atoms with Gasteiger partial charge < -0.3 is 10.6 Å². The Labute approximate surface area is 136 Å². The molecule has 1 heterocycles. The van der Waals surface area contributed by atoms with E-state index in [0.29, 0.717) is 19.1 Å². The van der Waals surface area contributed by atoms with Gasteiger partial charge in [-0.15, -0.1) is 0 Å². The number of rotatable bonds is 4. The van der Waals surface area contributed by atoms with Crippen LogP contribution in [0.2, 0.25) is 0 Å². The molecular weight excluding hydrogens is 292 g/mol. The molecular formula is C17H26N4O2. The van der Waals surface area contributed by atoms with Crippen molar-refractivity contribution in [3.8, 4) is 0 Å². The monoisotopic (exact) mass is 318 g/mol. The van der Waals surface area contributed by atoms with Crippen LogP contribution in [0.4, 0.5) is 4.79 Å². The number of nitrogens with zero attached hydrogens (tertiary/aromatic N) is 2. The van der Waals surface area contributed by atoms with Crippen LogP contribution in [0.15, 0.2) is 10.9 Å². The van der Waals surface area contributed by atoms with Crippen LogP contribution in [0.1, 0.15) is 56.2 Å². The number of fused-ring (bicyclic) bond motifs is 1. The van der Waals surface area contributed by atoms with Gasteiger partial charge in [0.1, 0.15) is 0 Å². The molecule has 2 aliphatic rings. The van der Waals surface area contributed by atoms with Crippen molar-refractivity contribution < 1.29 is 4.79 Å². The van der Waals surface area contributed by atoms with Gasteiger partial charge in [-0.1, -0.05) is 25.7 Å². The lowest BCUT2D eigenvalue weighted by Crippen LogP contribution is -2.43. The number of amides is 2. The second-order valence-corrected chi connectivity index (χ2v) is 6.62. The van der Waals surface area contributed by atoms with Gasteiger partial charge in [-0.3, -0.25) is 4.79 Å². The van der Waals surface area contributed by atoms with Gasteiger partial charge in [-0.2, -0.15) is 5.10 Å². The lowest BCUT2D eigenvalue weighted by molar-refractivity contribution is 0.235. The standard InChI is InChI=1S/C17H26N4O2/c22-16-12-13-6-5-9-15(13)20-21(16)11-10-18-17(23)19-14-7-3-1-2-4-8-14/h12,14H,1-11H2,(H2,18,19,23). The van der Waals surface area contributed by atoms with Gasteiger partial charge in [0.15, 0.2) is 0 Å². The Morgan fingerprint density at radius 3 is 2.74 bits per heavy atom. The molecule has 0 aromatic carbocycles. The van der Waals surface area contributed by atoms with E-state index in [4.69, 9.17) is 0 Å². The maximum absolute atomic E-state index is 12.0. The lowest BCUT2D eigenvalue weighted by atomic mass is 10.1. The van der Waals surface area contributed by atoms with Gasteiger partial charge in [0.05, 0.1) is 12.2 Å². The fraction of sp³-hybridized carbons (Fsp3) is 0.706. The van der Waals surface area contributed by atoms with Crippen LogP contribution in [0.5, 0.6) is 0 Å². The summed E-state index contributed by atoms with van der Waals surface area (Å²) < 4.78 is 1.47. The van der Waals surface area contributed by atoms with Crippen molar-refractivity contribution in [2.75, 3.05) is 6.54 Å². The molecule has 23 heavy (non-hydrogen) atoms. The van der Waals surface area contributed by atoms with Crippen molar-refractivity contribution in [1.82, 2.24) is 20.4 Å². The average Bonchev–Trinajstić information content (AvgIpc) is 2.81. The number of aryl methyl sites for hydroxylation is 2. The Balaban J connectivity index is 1.45. The van der Waals surface area contributed by atoms with Crippen LogP contribution in [0.25, 0.3) is 0 Å². The Morgan fingerprint density at radius 1 is 1.17 bits per heavy atom. The van der Waals surface area contributed by atoms with E-state index in [2.05, 4.69) is 15.7 Å². The number of aromatic nitrogens is 2. The zero-order valence-electron chi connectivity index (χ0n) is 13.6. The molecule has 1 aromatic heterocycles. The van der Waals surface area contributed by atoms with Crippen molar-refractivity contribution in [3.63, 3.8) is 0 Å². The SMILES string of the molecule is O=C(NCCn1nc2c(cc1=O)CCC2)NC1CCCCCC1. The molecule has 1 saturated carbocycles. The second kappa shape index (κ2) is 7.62. The van der Waals surface area contributed by atoms with E-state index >= 15 is 0 Å². The van der Waals surface area contributed by atoms with Crippen LogP contribution in [-0.4, -0.2) is 28.4 Å². The van der Waals surface area contributed by atoms with Crippen molar-refractivity contribution in [2.24, 2.45) is 0 Å². The molecule has 0 radical (unpaired) electrons. The normalized spacial score (nSPS) is 18.3. The average molecular weight is 318 g/mol. The van der Waals surface area contributed by atoms with E-state index < -0.39 is 0 Å². The second-order valence-electron chi connectivity index (χ2n) is 6.62. The smallest absolute Gasteiger partial charge is 0.315 e. The lowest BCUT2D eigenvalue weighted by Gasteiger charge is -2.16. The third kappa shape index (κ3) is 4.33. The molecule has 2 amide bonds.